The number of aliphatic imine (C=N–C) groups is 1. The largest absolute Gasteiger partial charge is 0.343 e. The van der Waals surface area contributed by atoms with E-state index in [1.807, 2.05) is 0 Å². The third-order valence-electron chi connectivity index (χ3n) is 1.26. The van der Waals surface area contributed by atoms with Crippen molar-refractivity contribution in [2.75, 3.05) is 5.32 Å². The van der Waals surface area contributed by atoms with Gasteiger partial charge in [0.05, 0.1) is 0 Å². The Balaban J connectivity index is 2.59. The Morgan fingerprint density at radius 1 is 1.55 bits per heavy atom. The molecular weight excluding hydrogens is 210 g/mol. The highest BCUT2D eigenvalue weighted by Crippen LogP contribution is 2.27. The minimum atomic E-state index is 0.348. The van der Waals surface area contributed by atoms with E-state index in [4.69, 9.17) is 5.73 Å². The number of hydrogen-bond donors (Lipinski definition) is 2. The van der Waals surface area contributed by atoms with Crippen molar-refractivity contribution in [1.82, 2.24) is 15.0 Å². The third-order valence-corrected chi connectivity index (χ3v) is 1.86. The first-order valence-electron chi connectivity index (χ1n) is 2.89. The van der Waals surface area contributed by atoms with E-state index < -0.39 is 0 Å². The SMILES string of the molecule is NC1=[N+]c2ncnc(Br)c2N1. The zero-order valence-electron chi connectivity index (χ0n) is 5.37. The fraction of sp³-hybridized carbons (Fsp3) is 0. The maximum atomic E-state index is 5.40. The molecule has 0 atom stereocenters. The van der Waals surface area contributed by atoms with Crippen LogP contribution in [0.25, 0.3) is 0 Å². The van der Waals surface area contributed by atoms with Crippen LogP contribution in [0.4, 0.5) is 11.5 Å². The van der Waals surface area contributed by atoms with Gasteiger partial charge in [-0.05, 0) is 15.9 Å². The van der Waals surface area contributed by atoms with Crippen LogP contribution < -0.4 is 16.0 Å². The Morgan fingerprint density at radius 2 is 2.36 bits per heavy atom. The second kappa shape index (κ2) is 2.16. The number of guanidine groups is 1. The molecule has 0 unspecified atom stereocenters. The van der Waals surface area contributed by atoms with Crippen LogP contribution in [0.5, 0.6) is 0 Å². The first-order valence-corrected chi connectivity index (χ1v) is 3.68. The number of aromatic nitrogens is 2. The molecule has 0 amide bonds. The molecule has 1 aliphatic heterocycles. The third kappa shape index (κ3) is 0.949. The van der Waals surface area contributed by atoms with Crippen LogP contribution in [-0.4, -0.2) is 15.9 Å². The lowest BCUT2D eigenvalue weighted by Crippen LogP contribution is -2.21. The van der Waals surface area contributed by atoms with Crippen LogP contribution in [0.15, 0.2) is 10.9 Å². The van der Waals surface area contributed by atoms with Gasteiger partial charge in [-0.1, -0.05) is 4.99 Å². The minimum Gasteiger partial charge on any atom is -0.308 e. The molecule has 0 fully saturated rings. The summed E-state index contributed by atoms with van der Waals surface area (Å²) in [6.07, 6.45) is 1.42. The summed E-state index contributed by atoms with van der Waals surface area (Å²) < 4.78 is 0.673. The number of nitrogens with two attached hydrogens (primary N) is 1. The summed E-state index contributed by atoms with van der Waals surface area (Å²) in [5.41, 5.74) is 6.13. The van der Waals surface area contributed by atoms with Gasteiger partial charge in [-0.25, -0.2) is 4.98 Å². The van der Waals surface area contributed by atoms with Crippen LogP contribution >= 0.6 is 15.9 Å². The summed E-state index contributed by atoms with van der Waals surface area (Å²) >= 11 is 3.23. The van der Waals surface area contributed by atoms with Crippen LogP contribution in [0, 0.1) is 0 Å². The topological polar surface area (TPSA) is 77.9 Å². The zero-order chi connectivity index (χ0) is 7.84. The number of fused-ring (bicyclic) bond motifs is 1. The number of rotatable bonds is 0. The van der Waals surface area contributed by atoms with E-state index in [-0.39, 0.29) is 0 Å². The summed E-state index contributed by atoms with van der Waals surface area (Å²) in [5.74, 6) is 0.922. The molecule has 0 aliphatic carbocycles. The van der Waals surface area contributed by atoms with Crippen LogP contribution in [0.2, 0.25) is 0 Å². The quantitative estimate of drug-likeness (QED) is 0.593. The van der Waals surface area contributed by atoms with Crippen molar-refractivity contribution in [2.24, 2.45) is 5.73 Å². The molecule has 1 aliphatic rings. The van der Waals surface area contributed by atoms with Gasteiger partial charge in [0.2, 0.25) is 0 Å². The molecule has 1 radical (unpaired) electrons. The van der Waals surface area contributed by atoms with E-state index in [9.17, 15) is 0 Å². The fourth-order valence-corrected chi connectivity index (χ4v) is 1.19. The first-order chi connectivity index (χ1) is 5.27. The molecule has 55 valence electrons. The van der Waals surface area contributed by atoms with Gasteiger partial charge in [-0.2, -0.15) is 0 Å². The summed E-state index contributed by atoms with van der Waals surface area (Å²) in [7, 11) is 0. The maximum absolute atomic E-state index is 5.40. The maximum Gasteiger partial charge on any atom is 0.343 e. The first kappa shape index (κ1) is 6.53. The highest BCUT2D eigenvalue weighted by molar-refractivity contribution is 9.10. The van der Waals surface area contributed by atoms with Gasteiger partial charge in [0, 0.05) is 0 Å². The standard InChI is InChI=1S/C5H4BrN5/c6-3-2-4(9-1-8-3)11-5(7)10-2/h1,10H,7H2/q+1. The van der Waals surface area contributed by atoms with Crippen LogP contribution in [0.3, 0.4) is 0 Å². The molecule has 2 rings (SSSR count). The van der Waals surface area contributed by atoms with Gasteiger partial charge < -0.3 is 5.73 Å². The zero-order valence-corrected chi connectivity index (χ0v) is 6.96. The minimum absolute atomic E-state index is 0.348. The predicted octanol–water partition coefficient (Wildman–Crippen LogP) is -0.0534. The number of hydrogen-bond acceptors (Lipinski definition) is 5. The van der Waals surface area contributed by atoms with Crippen molar-refractivity contribution in [3.8, 4) is 0 Å². The number of anilines is 1. The lowest BCUT2D eigenvalue weighted by Gasteiger charge is -1.91. The fourth-order valence-electron chi connectivity index (χ4n) is 0.818. The second-order valence-electron chi connectivity index (χ2n) is 1.99. The van der Waals surface area contributed by atoms with Crippen LogP contribution in [0.1, 0.15) is 0 Å². The molecule has 0 spiro atoms. The van der Waals surface area contributed by atoms with E-state index in [0.717, 1.165) is 5.69 Å². The van der Waals surface area contributed by atoms with Crippen molar-refractivity contribution in [1.29, 1.82) is 0 Å². The summed E-state index contributed by atoms with van der Waals surface area (Å²) in [6, 6.07) is 0. The smallest absolute Gasteiger partial charge is 0.308 e. The van der Waals surface area contributed by atoms with Crippen molar-refractivity contribution < 1.29 is 0 Å². The second-order valence-corrected chi connectivity index (χ2v) is 2.74. The molecule has 2 heterocycles. The number of nitrogens with one attached hydrogen (secondary N) is 1. The summed E-state index contributed by atoms with van der Waals surface area (Å²) in [6.45, 7) is 0. The Hall–Kier alpha value is -1.17. The van der Waals surface area contributed by atoms with Gasteiger partial charge in [-0.3, -0.25) is 5.32 Å². The van der Waals surface area contributed by atoms with E-state index in [2.05, 4.69) is 36.2 Å². The van der Waals surface area contributed by atoms with E-state index in [1.54, 1.807) is 0 Å². The highest BCUT2D eigenvalue weighted by atomic mass is 79.9. The molecule has 5 nitrogen and oxygen atoms in total. The van der Waals surface area contributed by atoms with Crippen molar-refractivity contribution >= 4 is 33.4 Å². The lowest BCUT2D eigenvalue weighted by atomic mass is 10.5. The molecule has 0 aromatic carbocycles. The van der Waals surface area contributed by atoms with Crippen molar-refractivity contribution in [3.63, 3.8) is 0 Å². The lowest BCUT2D eigenvalue weighted by molar-refractivity contribution is 1.12. The Morgan fingerprint density at radius 3 is 3.09 bits per heavy atom. The van der Waals surface area contributed by atoms with E-state index in [0.29, 0.717) is 16.4 Å². The highest BCUT2D eigenvalue weighted by Gasteiger charge is 2.23. The monoisotopic (exact) mass is 213 g/mol. The van der Waals surface area contributed by atoms with E-state index >= 15 is 0 Å². The number of nitrogens with zero attached hydrogens (tertiary/aromatic N) is 3. The molecule has 0 bridgehead atoms. The summed E-state index contributed by atoms with van der Waals surface area (Å²) in [4.78, 5) is 11.7. The Bertz CT molecular complexity index is 334. The average Bonchev–Trinajstić information content (AvgIpc) is 2.31. The normalized spacial score (nSPS) is 13.7. The molecule has 0 saturated heterocycles. The van der Waals surface area contributed by atoms with Gasteiger partial charge in [0.1, 0.15) is 4.60 Å². The molecule has 1 aromatic rings. The molecule has 0 saturated carbocycles. The molecular formula is C5H4BrN5+. The van der Waals surface area contributed by atoms with Gasteiger partial charge in [0.15, 0.2) is 12.0 Å². The molecule has 3 N–H and O–H groups in total. The average molecular weight is 214 g/mol. The van der Waals surface area contributed by atoms with Gasteiger partial charge in [-0.15, -0.1) is 4.98 Å². The summed E-state index contributed by atoms with van der Waals surface area (Å²) in [5, 5.41) is 2.82. The van der Waals surface area contributed by atoms with E-state index in [1.165, 1.54) is 6.33 Å². The predicted molar refractivity (Wildman–Crippen MR) is 44.3 cm³/mol. The molecule has 6 heteroatoms. The van der Waals surface area contributed by atoms with Gasteiger partial charge >= 0.3 is 11.8 Å². The van der Waals surface area contributed by atoms with Crippen LogP contribution in [-0.2, 0) is 0 Å². The Labute approximate surface area is 70.9 Å². The number of halogens is 1. The van der Waals surface area contributed by atoms with Crippen molar-refractivity contribution in [2.45, 2.75) is 0 Å². The Kier molecular flexibility index (Phi) is 1.28. The molecule has 11 heavy (non-hydrogen) atoms. The van der Waals surface area contributed by atoms with Gasteiger partial charge in [0.25, 0.3) is 0 Å². The molecule has 1 aromatic heterocycles. The van der Waals surface area contributed by atoms with Crippen molar-refractivity contribution in [3.05, 3.63) is 10.9 Å².